The molecule has 1 saturated heterocycles. The number of aromatic nitrogens is 2. The normalized spacial score (nSPS) is 19.4. The van der Waals surface area contributed by atoms with Gasteiger partial charge in [0.25, 0.3) is 0 Å². The Morgan fingerprint density at radius 1 is 1.52 bits per heavy atom. The number of nitrogens with one attached hydrogen (secondary N) is 1. The van der Waals surface area contributed by atoms with Gasteiger partial charge in [-0.05, 0) is 19.8 Å². The molecule has 0 aromatic carbocycles. The van der Waals surface area contributed by atoms with Crippen molar-refractivity contribution in [1.29, 1.82) is 0 Å². The first-order chi connectivity index (χ1) is 9.95. The second kappa shape index (κ2) is 6.54. The third-order valence-electron chi connectivity index (χ3n) is 2.95. The highest BCUT2D eigenvalue weighted by Crippen LogP contribution is 2.24. The SMILES string of the molecule is CCOC(=O)C1CCCN1S(=O)(=O)Nc1nccnc1Cl. The lowest BCUT2D eigenvalue weighted by Gasteiger charge is -2.22. The van der Waals surface area contributed by atoms with Gasteiger partial charge in [0, 0.05) is 18.9 Å². The molecule has 1 aromatic heterocycles. The molecular weight excluding hydrogens is 320 g/mol. The van der Waals surface area contributed by atoms with Gasteiger partial charge in [-0.1, -0.05) is 11.6 Å². The van der Waals surface area contributed by atoms with Gasteiger partial charge in [0.15, 0.2) is 11.0 Å². The maximum Gasteiger partial charge on any atom is 0.324 e. The quantitative estimate of drug-likeness (QED) is 0.800. The molecule has 0 spiro atoms. The van der Waals surface area contributed by atoms with Gasteiger partial charge in [0.05, 0.1) is 6.61 Å². The average molecular weight is 335 g/mol. The summed E-state index contributed by atoms with van der Waals surface area (Å²) in [6.45, 7) is 2.10. The Morgan fingerprint density at radius 3 is 2.90 bits per heavy atom. The number of ether oxygens (including phenoxy) is 1. The summed E-state index contributed by atoms with van der Waals surface area (Å²) in [4.78, 5) is 19.4. The zero-order valence-electron chi connectivity index (χ0n) is 11.3. The zero-order chi connectivity index (χ0) is 15.5. The van der Waals surface area contributed by atoms with Crippen LogP contribution < -0.4 is 4.72 Å². The molecule has 10 heteroatoms. The first kappa shape index (κ1) is 15.9. The smallest absolute Gasteiger partial charge is 0.324 e. The van der Waals surface area contributed by atoms with Crippen LogP contribution >= 0.6 is 11.6 Å². The van der Waals surface area contributed by atoms with E-state index in [0.29, 0.717) is 12.8 Å². The van der Waals surface area contributed by atoms with E-state index in [1.807, 2.05) is 0 Å². The minimum atomic E-state index is -3.95. The van der Waals surface area contributed by atoms with E-state index in [0.717, 1.165) is 4.31 Å². The number of esters is 1. The summed E-state index contributed by atoms with van der Waals surface area (Å²) < 4.78 is 32.9. The van der Waals surface area contributed by atoms with Gasteiger partial charge in [0.1, 0.15) is 6.04 Å². The predicted octanol–water partition coefficient (Wildman–Crippen LogP) is 0.814. The van der Waals surface area contributed by atoms with Crippen LogP contribution in [0.1, 0.15) is 19.8 Å². The molecule has 1 fully saturated rings. The largest absolute Gasteiger partial charge is 0.465 e. The molecule has 116 valence electrons. The Hall–Kier alpha value is -1.45. The van der Waals surface area contributed by atoms with Crippen LogP contribution in [0.5, 0.6) is 0 Å². The van der Waals surface area contributed by atoms with Crippen molar-refractivity contribution in [2.75, 3.05) is 17.9 Å². The highest BCUT2D eigenvalue weighted by molar-refractivity contribution is 7.90. The van der Waals surface area contributed by atoms with Crippen LogP contribution in [0.2, 0.25) is 5.15 Å². The van der Waals surface area contributed by atoms with E-state index in [2.05, 4.69) is 14.7 Å². The molecular formula is C11H15ClN4O4S. The summed E-state index contributed by atoms with van der Waals surface area (Å²) in [5.41, 5.74) is 0. The van der Waals surface area contributed by atoms with Crippen LogP contribution in [0.15, 0.2) is 12.4 Å². The number of nitrogens with zero attached hydrogens (tertiary/aromatic N) is 3. The minimum absolute atomic E-state index is 0.0621. The number of hydrogen-bond donors (Lipinski definition) is 1. The van der Waals surface area contributed by atoms with Crippen molar-refractivity contribution in [1.82, 2.24) is 14.3 Å². The number of halogens is 1. The highest BCUT2D eigenvalue weighted by Gasteiger charge is 2.40. The third-order valence-corrected chi connectivity index (χ3v) is 4.73. The fraction of sp³-hybridized carbons (Fsp3) is 0.545. The maximum absolute atomic E-state index is 12.4. The monoisotopic (exact) mass is 334 g/mol. The van der Waals surface area contributed by atoms with E-state index < -0.39 is 22.2 Å². The first-order valence-corrected chi connectivity index (χ1v) is 8.20. The van der Waals surface area contributed by atoms with Crippen molar-refractivity contribution in [3.63, 3.8) is 0 Å². The average Bonchev–Trinajstić information content (AvgIpc) is 2.92. The molecule has 1 aromatic rings. The molecule has 8 nitrogen and oxygen atoms in total. The van der Waals surface area contributed by atoms with Gasteiger partial charge in [-0.25, -0.2) is 9.97 Å². The summed E-state index contributed by atoms with van der Waals surface area (Å²) in [5, 5.41) is -0.0621. The topological polar surface area (TPSA) is 101 Å². The van der Waals surface area contributed by atoms with Crippen LogP contribution in [0, 0.1) is 0 Å². The van der Waals surface area contributed by atoms with Crippen molar-refractivity contribution >= 4 is 33.6 Å². The second-order valence-electron chi connectivity index (χ2n) is 4.32. The standard InChI is InChI=1S/C11H15ClN4O4S/c1-2-20-11(17)8-4-3-7-16(8)21(18,19)15-10-9(12)13-5-6-14-10/h5-6,8H,2-4,7H2,1H3,(H,14,15). The van der Waals surface area contributed by atoms with Crippen LogP contribution in [-0.4, -0.2) is 47.9 Å². The second-order valence-corrected chi connectivity index (χ2v) is 6.30. The molecule has 2 heterocycles. The lowest BCUT2D eigenvalue weighted by Crippen LogP contribution is -2.44. The fourth-order valence-electron chi connectivity index (χ4n) is 2.07. The molecule has 1 N–H and O–H groups in total. The minimum Gasteiger partial charge on any atom is -0.465 e. The summed E-state index contributed by atoms with van der Waals surface area (Å²) in [6.07, 6.45) is 3.67. The van der Waals surface area contributed by atoms with E-state index in [4.69, 9.17) is 16.3 Å². The number of rotatable bonds is 5. The first-order valence-electron chi connectivity index (χ1n) is 6.38. The number of carbonyl (C=O) groups is 1. The van der Waals surface area contributed by atoms with Crippen LogP contribution in [0.3, 0.4) is 0 Å². The van der Waals surface area contributed by atoms with Crippen molar-refractivity contribution in [2.24, 2.45) is 0 Å². The molecule has 0 radical (unpaired) electrons. The summed E-state index contributed by atoms with van der Waals surface area (Å²) >= 11 is 5.77. The zero-order valence-corrected chi connectivity index (χ0v) is 12.9. The van der Waals surface area contributed by atoms with Gasteiger partial charge in [-0.2, -0.15) is 12.7 Å². The third kappa shape index (κ3) is 3.60. The van der Waals surface area contributed by atoms with Crippen molar-refractivity contribution < 1.29 is 17.9 Å². The molecule has 1 unspecified atom stereocenters. The summed E-state index contributed by atoms with van der Waals surface area (Å²) in [5.74, 6) is -0.626. The van der Waals surface area contributed by atoms with E-state index in [-0.39, 0.29) is 24.1 Å². The molecule has 2 rings (SSSR count). The predicted molar refractivity (Wildman–Crippen MR) is 75.9 cm³/mol. The van der Waals surface area contributed by atoms with E-state index in [1.54, 1.807) is 6.92 Å². The Labute approximate surface area is 127 Å². The number of carbonyl (C=O) groups excluding carboxylic acids is 1. The fourth-order valence-corrected chi connectivity index (χ4v) is 3.69. The molecule has 1 aliphatic heterocycles. The maximum atomic E-state index is 12.4. The van der Waals surface area contributed by atoms with Gasteiger partial charge >= 0.3 is 16.2 Å². The van der Waals surface area contributed by atoms with Crippen LogP contribution in [0.4, 0.5) is 5.82 Å². The van der Waals surface area contributed by atoms with Crippen molar-refractivity contribution in [3.8, 4) is 0 Å². The van der Waals surface area contributed by atoms with E-state index in [9.17, 15) is 13.2 Å². The van der Waals surface area contributed by atoms with Gasteiger partial charge in [-0.15, -0.1) is 0 Å². The number of anilines is 1. The summed E-state index contributed by atoms with van der Waals surface area (Å²) in [6, 6.07) is -0.821. The van der Waals surface area contributed by atoms with Crippen LogP contribution in [0.25, 0.3) is 0 Å². The molecule has 0 amide bonds. The lowest BCUT2D eigenvalue weighted by molar-refractivity contribution is -0.146. The Kier molecular flexibility index (Phi) is 4.96. The number of hydrogen-bond acceptors (Lipinski definition) is 6. The Morgan fingerprint density at radius 2 is 2.24 bits per heavy atom. The van der Waals surface area contributed by atoms with Gasteiger partial charge in [-0.3, -0.25) is 9.52 Å². The lowest BCUT2D eigenvalue weighted by atomic mass is 10.2. The highest BCUT2D eigenvalue weighted by atomic mass is 35.5. The molecule has 1 aliphatic rings. The molecule has 0 saturated carbocycles. The Bertz CT molecular complexity index is 624. The molecule has 0 aliphatic carbocycles. The van der Waals surface area contributed by atoms with E-state index >= 15 is 0 Å². The molecule has 0 bridgehead atoms. The van der Waals surface area contributed by atoms with Crippen LogP contribution in [-0.2, 0) is 19.7 Å². The van der Waals surface area contributed by atoms with Gasteiger partial charge in [0.2, 0.25) is 0 Å². The van der Waals surface area contributed by atoms with Crippen molar-refractivity contribution in [3.05, 3.63) is 17.5 Å². The molecule has 21 heavy (non-hydrogen) atoms. The Balaban J connectivity index is 2.19. The molecule has 1 atom stereocenters. The van der Waals surface area contributed by atoms with E-state index in [1.165, 1.54) is 12.4 Å². The van der Waals surface area contributed by atoms with Crippen molar-refractivity contribution in [2.45, 2.75) is 25.8 Å². The van der Waals surface area contributed by atoms with Gasteiger partial charge < -0.3 is 4.74 Å². The summed E-state index contributed by atoms with van der Waals surface area (Å²) in [7, 11) is -3.95.